The van der Waals surface area contributed by atoms with E-state index in [0.717, 1.165) is 5.69 Å². The van der Waals surface area contributed by atoms with Gasteiger partial charge in [0.25, 0.3) is 0 Å². The van der Waals surface area contributed by atoms with Gasteiger partial charge in [-0.3, -0.25) is 4.79 Å². The molecule has 2 N–H and O–H groups in total. The first-order valence-corrected chi connectivity index (χ1v) is 7.20. The molecule has 0 fully saturated rings. The van der Waals surface area contributed by atoms with E-state index in [-0.39, 0.29) is 11.8 Å². The summed E-state index contributed by atoms with van der Waals surface area (Å²) in [5.74, 6) is 0.0372. The molecule has 4 heteroatoms. The molecule has 0 aromatic heterocycles. The number of benzene rings is 2. The topological polar surface area (TPSA) is 41.1 Å². The number of rotatable bonds is 4. The van der Waals surface area contributed by atoms with Crippen molar-refractivity contribution in [2.24, 2.45) is 0 Å². The minimum absolute atomic E-state index is 0.0372. The van der Waals surface area contributed by atoms with E-state index in [9.17, 15) is 4.79 Å². The van der Waals surface area contributed by atoms with Gasteiger partial charge in [0.05, 0.1) is 6.04 Å². The lowest BCUT2D eigenvalue weighted by atomic mass is 10.1. The molecule has 0 saturated heterocycles. The Balaban J connectivity index is 1.99. The normalized spacial score (nSPS) is 11.5. The number of hydrogen-bond donors (Lipinski definition) is 2. The number of carbonyl (C=O) groups excluding carboxylic acids is 1. The molecule has 2 aromatic rings. The second-order valence-electron chi connectivity index (χ2n) is 4.87. The largest absolute Gasteiger partial charge is 0.356 e. The van der Waals surface area contributed by atoms with E-state index in [4.69, 9.17) is 12.2 Å². The first kappa shape index (κ1) is 15.2. The molecule has 0 aliphatic rings. The fourth-order valence-electron chi connectivity index (χ4n) is 2.00. The van der Waals surface area contributed by atoms with Crippen molar-refractivity contribution in [3.05, 3.63) is 65.7 Å². The number of anilines is 1. The molecule has 2 aromatic carbocycles. The molecule has 0 spiro atoms. The minimum atomic E-state index is 0.0372. The second-order valence-corrected chi connectivity index (χ2v) is 5.28. The van der Waals surface area contributed by atoms with E-state index in [2.05, 4.69) is 29.7 Å². The van der Waals surface area contributed by atoms with Crippen LogP contribution in [0.2, 0.25) is 0 Å². The number of Topliss-reactive ketones (excluding diaryl/α,β-unsaturated/α-hetero) is 1. The fourth-order valence-corrected chi connectivity index (χ4v) is 2.30. The van der Waals surface area contributed by atoms with Gasteiger partial charge in [0.1, 0.15) is 0 Å². The third kappa shape index (κ3) is 4.39. The molecule has 0 saturated carbocycles. The van der Waals surface area contributed by atoms with E-state index in [1.54, 1.807) is 19.1 Å². The number of nitrogens with one attached hydrogen (secondary N) is 2. The van der Waals surface area contributed by atoms with E-state index in [1.165, 1.54) is 5.56 Å². The molecule has 1 atom stereocenters. The second kappa shape index (κ2) is 6.99. The monoisotopic (exact) mass is 298 g/mol. The molecule has 1 unspecified atom stereocenters. The highest BCUT2D eigenvalue weighted by Gasteiger charge is 2.07. The Morgan fingerprint density at radius 2 is 1.81 bits per heavy atom. The summed E-state index contributed by atoms with van der Waals surface area (Å²) in [5, 5.41) is 6.87. The zero-order chi connectivity index (χ0) is 15.2. The summed E-state index contributed by atoms with van der Waals surface area (Å²) < 4.78 is 0. The number of ketones is 1. The molecule has 3 nitrogen and oxygen atoms in total. The molecule has 0 bridgehead atoms. The molecule has 0 radical (unpaired) electrons. The molecular weight excluding hydrogens is 280 g/mol. The van der Waals surface area contributed by atoms with Crippen LogP contribution in [0.5, 0.6) is 0 Å². The van der Waals surface area contributed by atoms with Gasteiger partial charge >= 0.3 is 0 Å². The van der Waals surface area contributed by atoms with Crippen LogP contribution in [0.15, 0.2) is 54.6 Å². The zero-order valence-electron chi connectivity index (χ0n) is 12.1. The van der Waals surface area contributed by atoms with E-state index < -0.39 is 0 Å². The lowest BCUT2D eigenvalue weighted by Crippen LogP contribution is -2.30. The molecule has 0 heterocycles. The van der Waals surface area contributed by atoms with Crippen LogP contribution in [-0.2, 0) is 0 Å². The first-order valence-electron chi connectivity index (χ1n) is 6.79. The zero-order valence-corrected chi connectivity index (χ0v) is 12.9. The van der Waals surface area contributed by atoms with Crippen LogP contribution in [0, 0.1) is 0 Å². The number of thiocarbonyl (C=S) groups is 1. The van der Waals surface area contributed by atoms with Crippen molar-refractivity contribution >= 4 is 28.8 Å². The van der Waals surface area contributed by atoms with Gasteiger partial charge in [0.15, 0.2) is 10.9 Å². The standard InChI is InChI=1S/C17H18N2OS/c1-12(14-7-4-3-5-8-14)18-17(21)19-16-10-6-9-15(11-16)13(2)20/h3-12H,1-2H3,(H2,18,19,21). The first-order chi connectivity index (χ1) is 10.1. The molecule has 21 heavy (non-hydrogen) atoms. The van der Waals surface area contributed by atoms with Crippen molar-refractivity contribution < 1.29 is 4.79 Å². The third-order valence-electron chi connectivity index (χ3n) is 3.17. The summed E-state index contributed by atoms with van der Waals surface area (Å²) in [6.07, 6.45) is 0. The Bertz CT molecular complexity index is 640. The highest BCUT2D eigenvalue weighted by molar-refractivity contribution is 7.80. The van der Waals surface area contributed by atoms with Gasteiger partial charge in [-0.2, -0.15) is 0 Å². The quantitative estimate of drug-likeness (QED) is 0.663. The van der Waals surface area contributed by atoms with Gasteiger partial charge in [-0.1, -0.05) is 42.5 Å². The lowest BCUT2D eigenvalue weighted by Gasteiger charge is -2.17. The Morgan fingerprint density at radius 3 is 2.48 bits per heavy atom. The predicted octanol–water partition coefficient (Wildman–Crippen LogP) is 3.94. The van der Waals surface area contributed by atoms with Crippen LogP contribution in [0.3, 0.4) is 0 Å². The number of hydrogen-bond acceptors (Lipinski definition) is 2. The van der Waals surface area contributed by atoms with Gasteiger partial charge in [0.2, 0.25) is 0 Å². The average molecular weight is 298 g/mol. The van der Waals surface area contributed by atoms with Gasteiger partial charge in [0, 0.05) is 11.3 Å². The van der Waals surface area contributed by atoms with Crippen molar-refractivity contribution in [2.45, 2.75) is 19.9 Å². The van der Waals surface area contributed by atoms with Crippen LogP contribution in [-0.4, -0.2) is 10.9 Å². The Labute approximate surface area is 130 Å². The van der Waals surface area contributed by atoms with Crippen LogP contribution in [0.1, 0.15) is 35.8 Å². The Kier molecular flexibility index (Phi) is 5.06. The number of carbonyl (C=O) groups is 1. The van der Waals surface area contributed by atoms with E-state index in [0.29, 0.717) is 10.7 Å². The van der Waals surface area contributed by atoms with Crippen LogP contribution in [0.25, 0.3) is 0 Å². The van der Waals surface area contributed by atoms with Crippen molar-refractivity contribution in [3.8, 4) is 0 Å². The summed E-state index contributed by atoms with van der Waals surface area (Å²) in [5.41, 5.74) is 2.64. The smallest absolute Gasteiger partial charge is 0.171 e. The maximum absolute atomic E-state index is 11.4. The van der Waals surface area contributed by atoms with E-state index in [1.807, 2.05) is 30.3 Å². The predicted molar refractivity (Wildman–Crippen MR) is 90.7 cm³/mol. The Morgan fingerprint density at radius 1 is 1.10 bits per heavy atom. The lowest BCUT2D eigenvalue weighted by molar-refractivity contribution is 0.101. The van der Waals surface area contributed by atoms with Crippen molar-refractivity contribution in [3.63, 3.8) is 0 Å². The van der Waals surface area contributed by atoms with Crippen molar-refractivity contribution in [1.29, 1.82) is 0 Å². The summed E-state index contributed by atoms with van der Waals surface area (Å²) in [6, 6.07) is 17.5. The molecular formula is C17H18N2OS. The third-order valence-corrected chi connectivity index (χ3v) is 3.39. The van der Waals surface area contributed by atoms with Crippen LogP contribution >= 0.6 is 12.2 Å². The molecule has 0 aliphatic carbocycles. The Hall–Kier alpha value is -2.20. The van der Waals surface area contributed by atoms with Gasteiger partial charge < -0.3 is 10.6 Å². The highest BCUT2D eigenvalue weighted by atomic mass is 32.1. The molecule has 0 amide bonds. The van der Waals surface area contributed by atoms with Crippen molar-refractivity contribution in [1.82, 2.24) is 5.32 Å². The maximum atomic E-state index is 11.4. The molecule has 108 valence electrons. The fraction of sp³-hybridized carbons (Fsp3) is 0.176. The van der Waals surface area contributed by atoms with Crippen LogP contribution in [0.4, 0.5) is 5.69 Å². The summed E-state index contributed by atoms with van der Waals surface area (Å²) in [7, 11) is 0. The molecule has 0 aliphatic heterocycles. The van der Waals surface area contributed by atoms with Gasteiger partial charge in [-0.25, -0.2) is 0 Å². The minimum Gasteiger partial charge on any atom is -0.356 e. The molecule has 2 rings (SSSR count). The van der Waals surface area contributed by atoms with Crippen LogP contribution < -0.4 is 10.6 Å². The maximum Gasteiger partial charge on any atom is 0.171 e. The average Bonchev–Trinajstić information content (AvgIpc) is 2.48. The van der Waals surface area contributed by atoms with E-state index >= 15 is 0 Å². The summed E-state index contributed by atoms with van der Waals surface area (Å²) in [6.45, 7) is 3.60. The van der Waals surface area contributed by atoms with Crippen molar-refractivity contribution in [2.75, 3.05) is 5.32 Å². The highest BCUT2D eigenvalue weighted by Crippen LogP contribution is 2.13. The SMILES string of the molecule is CC(=O)c1cccc(NC(=S)NC(C)c2ccccc2)c1. The van der Waals surface area contributed by atoms with Gasteiger partial charge in [-0.05, 0) is 43.8 Å². The summed E-state index contributed by atoms with van der Waals surface area (Å²) in [4.78, 5) is 11.4. The summed E-state index contributed by atoms with van der Waals surface area (Å²) >= 11 is 5.31. The van der Waals surface area contributed by atoms with Gasteiger partial charge in [-0.15, -0.1) is 0 Å².